The standard InChI is InChI=1S/C15H26N2O2.ClH/c1-15(14(18)19-2)6-13(7-15)17-5-3-4-11(10-17)12-8-16-9-12;/h11-13,16H,3-10H2,1-2H3;1H/t11-,13?,15?;/m0./s1. The molecule has 0 spiro atoms. The fourth-order valence-corrected chi connectivity index (χ4v) is 4.05. The van der Waals surface area contributed by atoms with Crippen LogP contribution in [-0.4, -0.2) is 50.2 Å². The SMILES string of the molecule is COC(=O)C1(C)CC(N2CCC[C@H](C3CNC3)C2)C1.Cl. The molecule has 0 amide bonds. The first-order chi connectivity index (χ1) is 9.12. The van der Waals surface area contributed by atoms with Crippen LogP contribution in [0.3, 0.4) is 0 Å². The first-order valence-corrected chi connectivity index (χ1v) is 7.65. The minimum absolute atomic E-state index is 0. The third-order valence-electron chi connectivity index (χ3n) is 5.54. The number of nitrogens with one attached hydrogen (secondary N) is 1. The molecule has 5 heteroatoms. The summed E-state index contributed by atoms with van der Waals surface area (Å²) in [5.41, 5.74) is -0.218. The number of nitrogens with zero attached hydrogens (tertiary/aromatic N) is 1. The van der Waals surface area contributed by atoms with Gasteiger partial charge in [-0.2, -0.15) is 0 Å². The van der Waals surface area contributed by atoms with Crippen LogP contribution in [0.25, 0.3) is 0 Å². The van der Waals surface area contributed by atoms with Crippen LogP contribution in [0.1, 0.15) is 32.6 Å². The third kappa shape index (κ3) is 2.83. The monoisotopic (exact) mass is 302 g/mol. The molecule has 3 aliphatic rings. The highest BCUT2D eigenvalue weighted by Gasteiger charge is 2.50. The molecule has 0 aromatic heterocycles. The zero-order valence-electron chi connectivity index (χ0n) is 12.6. The Morgan fingerprint density at radius 3 is 2.55 bits per heavy atom. The minimum atomic E-state index is -0.218. The normalized spacial score (nSPS) is 38.3. The topological polar surface area (TPSA) is 41.6 Å². The Labute approximate surface area is 128 Å². The quantitative estimate of drug-likeness (QED) is 0.806. The van der Waals surface area contributed by atoms with Gasteiger partial charge in [0.15, 0.2) is 0 Å². The number of halogens is 1. The van der Waals surface area contributed by atoms with Gasteiger partial charge in [0.25, 0.3) is 0 Å². The number of hydrogen-bond acceptors (Lipinski definition) is 4. The van der Waals surface area contributed by atoms with Gasteiger partial charge in [-0.1, -0.05) is 0 Å². The van der Waals surface area contributed by atoms with Gasteiger partial charge in [0.1, 0.15) is 0 Å². The summed E-state index contributed by atoms with van der Waals surface area (Å²) in [5, 5.41) is 3.39. The van der Waals surface area contributed by atoms with E-state index < -0.39 is 0 Å². The van der Waals surface area contributed by atoms with Crippen LogP contribution < -0.4 is 5.32 Å². The van der Waals surface area contributed by atoms with Crippen molar-refractivity contribution in [2.45, 2.75) is 38.6 Å². The van der Waals surface area contributed by atoms with E-state index in [0.717, 1.165) is 24.7 Å². The van der Waals surface area contributed by atoms with Crippen LogP contribution in [0.15, 0.2) is 0 Å². The first-order valence-electron chi connectivity index (χ1n) is 7.65. The van der Waals surface area contributed by atoms with Crippen molar-refractivity contribution in [2.24, 2.45) is 17.3 Å². The molecule has 1 saturated carbocycles. The maximum Gasteiger partial charge on any atom is 0.311 e. The largest absolute Gasteiger partial charge is 0.469 e. The van der Waals surface area contributed by atoms with Crippen LogP contribution in [0, 0.1) is 17.3 Å². The number of ether oxygens (including phenoxy) is 1. The highest BCUT2D eigenvalue weighted by Crippen LogP contribution is 2.45. The average Bonchev–Trinajstić information content (AvgIpc) is 2.32. The lowest BCUT2D eigenvalue weighted by molar-refractivity contribution is -0.162. The number of methoxy groups -OCH3 is 1. The predicted molar refractivity (Wildman–Crippen MR) is 81.0 cm³/mol. The molecule has 4 nitrogen and oxygen atoms in total. The molecule has 2 aliphatic heterocycles. The zero-order chi connectivity index (χ0) is 13.5. The van der Waals surface area contributed by atoms with Crippen LogP contribution in [0.2, 0.25) is 0 Å². The van der Waals surface area contributed by atoms with E-state index >= 15 is 0 Å². The molecule has 3 rings (SSSR count). The number of piperidine rings is 1. The number of esters is 1. The summed E-state index contributed by atoms with van der Waals surface area (Å²) in [6, 6.07) is 0.611. The molecule has 1 atom stereocenters. The Morgan fingerprint density at radius 1 is 1.30 bits per heavy atom. The van der Waals surface area contributed by atoms with Gasteiger partial charge in [0.05, 0.1) is 12.5 Å². The van der Waals surface area contributed by atoms with Crippen molar-refractivity contribution in [3.05, 3.63) is 0 Å². The Balaban J connectivity index is 0.00000147. The van der Waals surface area contributed by atoms with Crippen molar-refractivity contribution >= 4 is 18.4 Å². The van der Waals surface area contributed by atoms with Gasteiger partial charge in [-0.25, -0.2) is 0 Å². The van der Waals surface area contributed by atoms with Crippen molar-refractivity contribution in [3.8, 4) is 0 Å². The van der Waals surface area contributed by atoms with Gasteiger partial charge < -0.3 is 15.0 Å². The van der Waals surface area contributed by atoms with Crippen molar-refractivity contribution < 1.29 is 9.53 Å². The van der Waals surface area contributed by atoms with E-state index in [1.165, 1.54) is 46.1 Å². The number of carbonyl (C=O) groups is 1. The van der Waals surface area contributed by atoms with Crippen LogP contribution in [0.5, 0.6) is 0 Å². The summed E-state index contributed by atoms with van der Waals surface area (Å²) in [7, 11) is 1.50. The summed E-state index contributed by atoms with van der Waals surface area (Å²) in [4.78, 5) is 14.4. The summed E-state index contributed by atoms with van der Waals surface area (Å²) >= 11 is 0. The molecule has 1 aliphatic carbocycles. The zero-order valence-corrected chi connectivity index (χ0v) is 13.4. The molecule has 1 N–H and O–H groups in total. The fraction of sp³-hybridized carbons (Fsp3) is 0.933. The van der Waals surface area contributed by atoms with Gasteiger partial charge in [-0.15, -0.1) is 12.4 Å². The molecule has 20 heavy (non-hydrogen) atoms. The summed E-state index contributed by atoms with van der Waals surface area (Å²) in [5.74, 6) is 1.75. The van der Waals surface area contributed by atoms with Crippen LogP contribution in [0.4, 0.5) is 0 Å². The van der Waals surface area contributed by atoms with E-state index in [-0.39, 0.29) is 23.8 Å². The van der Waals surface area contributed by atoms with Crippen molar-refractivity contribution in [2.75, 3.05) is 33.3 Å². The second-order valence-electron chi connectivity index (χ2n) is 6.93. The highest BCUT2D eigenvalue weighted by atomic mass is 35.5. The lowest BCUT2D eigenvalue weighted by Crippen LogP contribution is -2.58. The Hall–Kier alpha value is -0.320. The smallest absolute Gasteiger partial charge is 0.311 e. The molecule has 0 aromatic rings. The number of likely N-dealkylation sites (tertiary alicyclic amines) is 1. The lowest BCUT2D eigenvalue weighted by atomic mass is 9.65. The van der Waals surface area contributed by atoms with Crippen molar-refractivity contribution in [3.63, 3.8) is 0 Å². The number of carbonyl (C=O) groups excluding carboxylic acids is 1. The maximum absolute atomic E-state index is 11.7. The second kappa shape index (κ2) is 6.20. The molecule has 116 valence electrons. The van der Waals surface area contributed by atoms with E-state index in [1.54, 1.807) is 0 Å². The number of rotatable bonds is 3. The second-order valence-corrected chi connectivity index (χ2v) is 6.93. The van der Waals surface area contributed by atoms with Crippen molar-refractivity contribution in [1.29, 1.82) is 0 Å². The van der Waals surface area contributed by atoms with Crippen LogP contribution >= 0.6 is 12.4 Å². The molecule has 2 heterocycles. The minimum Gasteiger partial charge on any atom is -0.469 e. The summed E-state index contributed by atoms with van der Waals surface area (Å²) < 4.78 is 4.91. The van der Waals surface area contributed by atoms with E-state index in [2.05, 4.69) is 10.2 Å². The predicted octanol–water partition coefficient (Wildman–Crippen LogP) is 1.68. The Bertz CT molecular complexity index is 354. The molecule has 2 saturated heterocycles. The average molecular weight is 303 g/mol. The van der Waals surface area contributed by atoms with E-state index in [9.17, 15) is 4.79 Å². The van der Waals surface area contributed by atoms with Gasteiger partial charge in [-0.3, -0.25) is 4.79 Å². The van der Waals surface area contributed by atoms with E-state index in [4.69, 9.17) is 4.74 Å². The summed E-state index contributed by atoms with van der Waals surface area (Å²) in [6.45, 7) is 6.94. The fourth-order valence-electron chi connectivity index (χ4n) is 4.05. The number of hydrogen-bond donors (Lipinski definition) is 1. The third-order valence-corrected chi connectivity index (χ3v) is 5.54. The van der Waals surface area contributed by atoms with Crippen LogP contribution in [-0.2, 0) is 9.53 Å². The molecule has 0 bridgehead atoms. The molecule has 3 fully saturated rings. The van der Waals surface area contributed by atoms with Gasteiger partial charge in [0.2, 0.25) is 0 Å². The van der Waals surface area contributed by atoms with Gasteiger partial charge in [0, 0.05) is 12.6 Å². The van der Waals surface area contributed by atoms with E-state index in [0.29, 0.717) is 6.04 Å². The highest BCUT2D eigenvalue weighted by molar-refractivity contribution is 5.85. The van der Waals surface area contributed by atoms with Gasteiger partial charge in [-0.05, 0) is 64.1 Å². The Morgan fingerprint density at radius 2 is 2.00 bits per heavy atom. The lowest BCUT2D eigenvalue weighted by Gasteiger charge is -2.51. The molecule has 0 unspecified atom stereocenters. The van der Waals surface area contributed by atoms with Crippen molar-refractivity contribution in [1.82, 2.24) is 10.2 Å². The Kier molecular flexibility index (Phi) is 4.98. The van der Waals surface area contributed by atoms with E-state index in [1.807, 2.05) is 6.92 Å². The molecule has 0 aromatic carbocycles. The first kappa shape index (κ1) is 16.1. The molecule has 0 radical (unpaired) electrons. The molecular formula is C15H27ClN2O2. The molecular weight excluding hydrogens is 276 g/mol. The van der Waals surface area contributed by atoms with Gasteiger partial charge >= 0.3 is 5.97 Å². The maximum atomic E-state index is 11.7. The summed E-state index contributed by atoms with van der Waals surface area (Å²) in [6.07, 6.45) is 4.68.